The van der Waals surface area contributed by atoms with Gasteiger partial charge >= 0.3 is 0 Å². The van der Waals surface area contributed by atoms with Gasteiger partial charge in [0.15, 0.2) is 0 Å². The van der Waals surface area contributed by atoms with Gasteiger partial charge in [-0.15, -0.1) is 0 Å². The molecule has 1 aromatic heterocycles. The lowest BCUT2D eigenvalue weighted by Gasteiger charge is -2.16. The summed E-state index contributed by atoms with van der Waals surface area (Å²) in [6.45, 7) is 0.534. The smallest absolute Gasteiger partial charge is 0.270 e. The van der Waals surface area contributed by atoms with Crippen LogP contribution in [-0.2, 0) is 6.54 Å². The molecule has 2 rings (SSSR count). The Morgan fingerprint density at radius 1 is 1.42 bits per heavy atom. The molecule has 2 aromatic rings. The maximum atomic E-state index is 12.2. The lowest BCUT2D eigenvalue weighted by Crippen LogP contribution is -2.26. The first-order valence-corrected chi connectivity index (χ1v) is 6.62. The Morgan fingerprint density at radius 2 is 2.21 bits per heavy atom. The monoisotopic (exact) mass is 322 g/mol. The molecule has 0 aliphatic rings. The van der Waals surface area contributed by atoms with Gasteiger partial charge in [0.25, 0.3) is 5.91 Å². The summed E-state index contributed by atoms with van der Waals surface area (Å²) in [5.74, 6) is 0.745. The van der Waals surface area contributed by atoms with Crippen LogP contribution in [0.3, 0.4) is 0 Å². The molecular weight excluding hydrogens is 308 g/mol. The average Bonchev–Trinajstić information content (AvgIpc) is 2.84. The number of H-pyrrole nitrogens is 1. The fourth-order valence-electron chi connectivity index (χ4n) is 1.81. The minimum absolute atomic E-state index is 0.0477. The number of rotatable bonds is 4. The van der Waals surface area contributed by atoms with Crippen molar-refractivity contribution in [1.29, 1.82) is 0 Å². The van der Waals surface area contributed by atoms with Crippen LogP contribution in [0.1, 0.15) is 16.1 Å². The molecular formula is C14H15BrN2O2. The summed E-state index contributed by atoms with van der Waals surface area (Å²) in [5.41, 5.74) is 1.60. The SMILES string of the molecule is COc1cccc(CN(C)C(=O)c2cc(Br)c[nH]2)c1. The molecule has 0 aliphatic carbocycles. The lowest BCUT2D eigenvalue weighted by molar-refractivity contribution is 0.0780. The van der Waals surface area contributed by atoms with E-state index in [-0.39, 0.29) is 5.91 Å². The van der Waals surface area contributed by atoms with Gasteiger partial charge in [-0.1, -0.05) is 12.1 Å². The Kier molecular flexibility index (Phi) is 4.27. The number of nitrogens with one attached hydrogen (secondary N) is 1. The molecule has 0 aliphatic heterocycles. The maximum absolute atomic E-state index is 12.2. The van der Waals surface area contributed by atoms with Crippen LogP contribution in [0.2, 0.25) is 0 Å². The standard InChI is InChI=1S/C14H15BrN2O2/c1-17(14(18)13-7-11(15)8-16-13)9-10-4-3-5-12(6-10)19-2/h3-8,16H,9H2,1-2H3. The molecule has 0 spiro atoms. The quantitative estimate of drug-likeness (QED) is 0.940. The second-order valence-corrected chi connectivity index (χ2v) is 5.16. The van der Waals surface area contributed by atoms with E-state index < -0.39 is 0 Å². The third-order valence-electron chi connectivity index (χ3n) is 2.78. The van der Waals surface area contributed by atoms with Gasteiger partial charge in [-0.2, -0.15) is 0 Å². The molecule has 19 heavy (non-hydrogen) atoms. The number of halogens is 1. The number of hydrogen-bond acceptors (Lipinski definition) is 2. The Morgan fingerprint density at radius 3 is 2.84 bits per heavy atom. The third-order valence-corrected chi connectivity index (χ3v) is 3.24. The van der Waals surface area contributed by atoms with Crippen molar-refractivity contribution in [3.8, 4) is 5.75 Å². The highest BCUT2D eigenvalue weighted by molar-refractivity contribution is 9.10. The van der Waals surface area contributed by atoms with Crippen LogP contribution in [0.4, 0.5) is 0 Å². The van der Waals surface area contributed by atoms with Crippen LogP contribution < -0.4 is 4.74 Å². The molecule has 0 fully saturated rings. The fourth-order valence-corrected chi connectivity index (χ4v) is 2.16. The van der Waals surface area contributed by atoms with Crippen molar-refractivity contribution in [1.82, 2.24) is 9.88 Å². The number of carbonyl (C=O) groups excluding carboxylic acids is 1. The molecule has 0 bridgehead atoms. The summed E-state index contributed by atoms with van der Waals surface area (Å²) in [5, 5.41) is 0. The Labute approximate surface area is 120 Å². The summed E-state index contributed by atoms with van der Waals surface area (Å²) < 4.78 is 6.04. The first-order chi connectivity index (χ1) is 9.10. The molecule has 0 saturated heterocycles. The topological polar surface area (TPSA) is 45.3 Å². The average molecular weight is 323 g/mol. The number of aromatic nitrogens is 1. The molecule has 1 N–H and O–H groups in total. The van der Waals surface area contributed by atoms with Gasteiger partial charge in [0.2, 0.25) is 0 Å². The first kappa shape index (κ1) is 13.7. The zero-order valence-corrected chi connectivity index (χ0v) is 12.4. The van der Waals surface area contributed by atoms with E-state index in [4.69, 9.17) is 4.74 Å². The molecule has 1 amide bonds. The summed E-state index contributed by atoms with van der Waals surface area (Å²) >= 11 is 3.32. The number of nitrogens with zero attached hydrogens (tertiary/aromatic N) is 1. The number of amides is 1. The number of benzene rings is 1. The predicted octanol–water partition coefficient (Wildman–Crippen LogP) is 3.06. The minimum Gasteiger partial charge on any atom is -0.497 e. The van der Waals surface area contributed by atoms with E-state index in [0.29, 0.717) is 12.2 Å². The van der Waals surface area contributed by atoms with Crippen molar-refractivity contribution in [3.63, 3.8) is 0 Å². The number of methoxy groups -OCH3 is 1. The third kappa shape index (κ3) is 3.38. The van der Waals surface area contributed by atoms with Crippen molar-refractivity contribution in [2.24, 2.45) is 0 Å². The Bertz CT molecular complexity index is 580. The van der Waals surface area contributed by atoms with E-state index in [1.54, 1.807) is 31.3 Å². The Balaban J connectivity index is 2.07. The van der Waals surface area contributed by atoms with Crippen LogP contribution in [0, 0.1) is 0 Å². The van der Waals surface area contributed by atoms with Crippen LogP contribution in [0.15, 0.2) is 41.0 Å². The van der Waals surface area contributed by atoms with Crippen molar-refractivity contribution < 1.29 is 9.53 Å². The molecule has 5 heteroatoms. The summed E-state index contributed by atoms with van der Waals surface area (Å²) in [4.78, 5) is 16.8. The molecule has 0 unspecified atom stereocenters. The van der Waals surface area contributed by atoms with Gasteiger partial charge < -0.3 is 14.6 Å². The summed E-state index contributed by atoms with van der Waals surface area (Å²) in [6.07, 6.45) is 1.74. The van der Waals surface area contributed by atoms with Crippen molar-refractivity contribution >= 4 is 21.8 Å². The van der Waals surface area contributed by atoms with Crippen LogP contribution in [0.25, 0.3) is 0 Å². The van der Waals surface area contributed by atoms with Gasteiger partial charge in [0.1, 0.15) is 11.4 Å². The van der Waals surface area contributed by atoms with Crippen molar-refractivity contribution in [2.45, 2.75) is 6.54 Å². The molecule has 1 heterocycles. The summed E-state index contributed by atoms with van der Waals surface area (Å²) in [6, 6.07) is 9.46. The highest BCUT2D eigenvalue weighted by Gasteiger charge is 2.13. The maximum Gasteiger partial charge on any atom is 0.270 e. The fraction of sp³-hybridized carbons (Fsp3) is 0.214. The number of carbonyl (C=O) groups is 1. The van der Waals surface area contributed by atoms with Crippen molar-refractivity contribution in [2.75, 3.05) is 14.2 Å². The molecule has 0 atom stereocenters. The molecule has 0 radical (unpaired) electrons. The minimum atomic E-state index is -0.0477. The van der Waals surface area contributed by atoms with E-state index in [2.05, 4.69) is 20.9 Å². The van der Waals surface area contributed by atoms with E-state index in [1.807, 2.05) is 24.3 Å². The van der Waals surface area contributed by atoms with E-state index >= 15 is 0 Å². The highest BCUT2D eigenvalue weighted by Crippen LogP contribution is 2.16. The predicted molar refractivity (Wildman–Crippen MR) is 77.3 cm³/mol. The zero-order chi connectivity index (χ0) is 13.8. The second kappa shape index (κ2) is 5.93. The Hall–Kier alpha value is -1.75. The number of aromatic amines is 1. The molecule has 1 aromatic carbocycles. The van der Waals surface area contributed by atoms with E-state index in [9.17, 15) is 4.79 Å². The van der Waals surface area contributed by atoms with Crippen LogP contribution in [0.5, 0.6) is 5.75 Å². The zero-order valence-electron chi connectivity index (χ0n) is 10.8. The lowest BCUT2D eigenvalue weighted by atomic mass is 10.2. The number of ether oxygens (including phenoxy) is 1. The molecule has 0 saturated carbocycles. The van der Waals surface area contributed by atoms with E-state index in [0.717, 1.165) is 15.8 Å². The number of hydrogen-bond donors (Lipinski definition) is 1. The van der Waals surface area contributed by atoms with E-state index in [1.165, 1.54) is 0 Å². The molecule has 4 nitrogen and oxygen atoms in total. The summed E-state index contributed by atoms with van der Waals surface area (Å²) in [7, 11) is 3.40. The van der Waals surface area contributed by atoms with Crippen LogP contribution in [-0.4, -0.2) is 29.9 Å². The normalized spacial score (nSPS) is 10.3. The first-order valence-electron chi connectivity index (χ1n) is 5.82. The van der Waals surface area contributed by atoms with Crippen LogP contribution >= 0.6 is 15.9 Å². The highest BCUT2D eigenvalue weighted by atomic mass is 79.9. The molecule has 100 valence electrons. The van der Waals surface area contributed by atoms with Gasteiger partial charge in [-0.05, 0) is 39.7 Å². The largest absolute Gasteiger partial charge is 0.497 e. The second-order valence-electron chi connectivity index (χ2n) is 4.24. The van der Waals surface area contributed by atoms with Crippen molar-refractivity contribution in [3.05, 3.63) is 52.3 Å². The van der Waals surface area contributed by atoms with Gasteiger partial charge in [-0.25, -0.2) is 0 Å². The van der Waals surface area contributed by atoms with Gasteiger partial charge in [-0.3, -0.25) is 4.79 Å². The van der Waals surface area contributed by atoms with Gasteiger partial charge in [0, 0.05) is 24.3 Å². The van der Waals surface area contributed by atoms with Gasteiger partial charge in [0.05, 0.1) is 7.11 Å².